The second-order valence-electron chi connectivity index (χ2n) is 6.52. The SMILES string of the molecule is CN(c1ccc(CC#N)cc1)c1cccc(Nc2ncn(C3CC3)n2)c1. The van der Waals surface area contributed by atoms with Crippen LogP contribution in [0.3, 0.4) is 0 Å². The summed E-state index contributed by atoms with van der Waals surface area (Å²) in [5, 5.41) is 16.5. The van der Waals surface area contributed by atoms with Crippen LogP contribution >= 0.6 is 0 Å². The molecule has 1 N–H and O–H groups in total. The predicted molar refractivity (Wildman–Crippen MR) is 102 cm³/mol. The minimum absolute atomic E-state index is 0.434. The summed E-state index contributed by atoms with van der Waals surface area (Å²) in [7, 11) is 2.03. The predicted octanol–water partition coefficient (Wildman–Crippen LogP) is 4.19. The van der Waals surface area contributed by atoms with E-state index < -0.39 is 0 Å². The van der Waals surface area contributed by atoms with Crippen LogP contribution in [-0.2, 0) is 6.42 Å². The lowest BCUT2D eigenvalue weighted by molar-refractivity contribution is 0.642. The highest BCUT2D eigenvalue weighted by Crippen LogP contribution is 2.34. The Morgan fingerprint density at radius 3 is 2.73 bits per heavy atom. The fourth-order valence-electron chi connectivity index (χ4n) is 2.85. The van der Waals surface area contributed by atoms with E-state index in [0.717, 1.165) is 22.6 Å². The van der Waals surface area contributed by atoms with E-state index in [-0.39, 0.29) is 0 Å². The summed E-state index contributed by atoms with van der Waals surface area (Å²) in [6, 6.07) is 18.9. The lowest BCUT2D eigenvalue weighted by Gasteiger charge is -2.20. The van der Waals surface area contributed by atoms with Crippen molar-refractivity contribution in [3.8, 4) is 6.07 Å². The molecular formula is C20H20N6. The lowest BCUT2D eigenvalue weighted by atomic mass is 10.1. The van der Waals surface area contributed by atoms with Gasteiger partial charge in [0.1, 0.15) is 6.33 Å². The molecular weight excluding hydrogens is 324 g/mol. The van der Waals surface area contributed by atoms with Crippen molar-refractivity contribution in [2.75, 3.05) is 17.3 Å². The first-order chi connectivity index (χ1) is 12.7. The Hall–Kier alpha value is -3.33. The zero-order valence-corrected chi connectivity index (χ0v) is 14.6. The van der Waals surface area contributed by atoms with Crippen LogP contribution in [0.1, 0.15) is 24.4 Å². The zero-order valence-electron chi connectivity index (χ0n) is 14.6. The van der Waals surface area contributed by atoms with E-state index in [2.05, 4.69) is 38.5 Å². The van der Waals surface area contributed by atoms with Gasteiger partial charge in [0.25, 0.3) is 0 Å². The Balaban J connectivity index is 1.49. The summed E-state index contributed by atoms with van der Waals surface area (Å²) >= 11 is 0. The van der Waals surface area contributed by atoms with E-state index >= 15 is 0 Å². The molecule has 1 heterocycles. The summed E-state index contributed by atoms with van der Waals surface area (Å²) < 4.78 is 1.93. The topological polar surface area (TPSA) is 69.8 Å². The monoisotopic (exact) mass is 344 g/mol. The average molecular weight is 344 g/mol. The number of nitriles is 1. The van der Waals surface area contributed by atoms with Crippen LogP contribution < -0.4 is 10.2 Å². The number of benzene rings is 2. The van der Waals surface area contributed by atoms with Crippen LogP contribution in [0.15, 0.2) is 54.9 Å². The molecule has 0 spiro atoms. The van der Waals surface area contributed by atoms with Crippen LogP contribution in [0.2, 0.25) is 0 Å². The molecule has 1 aliphatic rings. The van der Waals surface area contributed by atoms with Crippen molar-refractivity contribution < 1.29 is 0 Å². The number of hydrogen-bond acceptors (Lipinski definition) is 5. The number of hydrogen-bond donors (Lipinski definition) is 1. The number of nitrogens with zero attached hydrogens (tertiary/aromatic N) is 5. The normalized spacial score (nSPS) is 13.2. The molecule has 0 unspecified atom stereocenters. The second-order valence-corrected chi connectivity index (χ2v) is 6.52. The molecule has 0 radical (unpaired) electrons. The third-order valence-corrected chi connectivity index (χ3v) is 4.53. The van der Waals surface area contributed by atoms with Gasteiger partial charge in [0.05, 0.1) is 18.5 Å². The van der Waals surface area contributed by atoms with Gasteiger partial charge >= 0.3 is 0 Å². The molecule has 1 saturated carbocycles. The summed E-state index contributed by atoms with van der Waals surface area (Å²) in [6.45, 7) is 0. The molecule has 1 aliphatic carbocycles. The molecule has 4 rings (SSSR count). The van der Waals surface area contributed by atoms with Gasteiger partial charge in [-0.05, 0) is 48.7 Å². The van der Waals surface area contributed by atoms with Crippen molar-refractivity contribution in [1.82, 2.24) is 14.8 Å². The largest absolute Gasteiger partial charge is 0.345 e. The van der Waals surface area contributed by atoms with E-state index in [0.29, 0.717) is 18.4 Å². The van der Waals surface area contributed by atoms with E-state index in [4.69, 9.17) is 5.26 Å². The molecule has 0 bridgehead atoms. The van der Waals surface area contributed by atoms with Crippen LogP contribution in [0.4, 0.5) is 23.0 Å². The Labute approximate surface area is 152 Å². The molecule has 130 valence electrons. The summed E-state index contributed by atoms with van der Waals surface area (Å²) in [5.41, 5.74) is 4.10. The van der Waals surface area contributed by atoms with Gasteiger partial charge in [-0.3, -0.25) is 0 Å². The van der Waals surface area contributed by atoms with Gasteiger partial charge in [0.2, 0.25) is 5.95 Å². The van der Waals surface area contributed by atoms with Crippen molar-refractivity contribution >= 4 is 23.0 Å². The van der Waals surface area contributed by atoms with Gasteiger partial charge in [-0.2, -0.15) is 5.26 Å². The Kier molecular flexibility index (Phi) is 4.28. The van der Waals surface area contributed by atoms with E-state index in [1.54, 1.807) is 6.33 Å². The molecule has 1 fully saturated rings. The number of nitrogens with one attached hydrogen (secondary N) is 1. The maximum atomic E-state index is 8.78. The average Bonchev–Trinajstić information content (AvgIpc) is 3.42. The first-order valence-electron chi connectivity index (χ1n) is 8.71. The first-order valence-corrected chi connectivity index (χ1v) is 8.71. The van der Waals surface area contributed by atoms with E-state index in [9.17, 15) is 0 Å². The number of aromatic nitrogens is 3. The lowest BCUT2D eigenvalue weighted by Crippen LogP contribution is -2.09. The van der Waals surface area contributed by atoms with Crippen LogP contribution in [0.25, 0.3) is 0 Å². The Morgan fingerprint density at radius 2 is 2.00 bits per heavy atom. The summed E-state index contributed by atoms with van der Waals surface area (Å²) in [5.74, 6) is 0.623. The second kappa shape index (κ2) is 6.89. The first kappa shape index (κ1) is 16.2. The minimum Gasteiger partial charge on any atom is -0.345 e. The highest BCUT2D eigenvalue weighted by molar-refractivity contribution is 5.68. The van der Waals surface area contributed by atoms with Crippen molar-refractivity contribution in [3.63, 3.8) is 0 Å². The molecule has 6 heteroatoms. The molecule has 0 amide bonds. The molecule has 6 nitrogen and oxygen atoms in total. The van der Waals surface area contributed by atoms with Crippen molar-refractivity contribution in [1.29, 1.82) is 5.26 Å². The third-order valence-electron chi connectivity index (χ3n) is 4.53. The fourth-order valence-corrected chi connectivity index (χ4v) is 2.85. The smallest absolute Gasteiger partial charge is 0.246 e. The van der Waals surface area contributed by atoms with Crippen LogP contribution in [-0.4, -0.2) is 21.8 Å². The van der Waals surface area contributed by atoms with Crippen LogP contribution in [0.5, 0.6) is 0 Å². The minimum atomic E-state index is 0.434. The Bertz CT molecular complexity index is 933. The molecule has 0 atom stereocenters. The number of rotatable bonds is 6. The van der Waals surface area contributed by atoms with Gasteiger partial charge in [-0.25, -0.2) is 9.67 Å². The third kappa shape index (κ3) is 3.52. The maximum Gasteiger partial charge on any atom is 0.246 e. The van der Waals surface area contributed by atoms with Crippen molar-refractivity contribution in [2.24, 2.45) is 0 Å². The highest BCUT2D eigenvalue weighted by Gasteiger charge is 2.24. The number of anilines is 4. The van der Waals surface area contributed by atoms with Gasteiger partial charge in [0, 0.05) is 24.1 Å². The highest BCUT2D eigenvalue weighted by atomic mass is 15.4. The molecule has 2 aromatic carbocycles. The fraction of sp³-hybridized carbons (Fsp3) is 0.250. The van der Waals surface area contributed by atoms with E-state index in [1.807, 2.05) is 48.1 Å². The molecule has 26 heavy (non-hydrogen) atoms. The van der Waals surface area contributed by atoms with E-state index in [1.165, 1.54) is 12.8 Å². The van der Waals surface area contributed by atoms with Gasteiger partial charge in [-0.15, -0.1) is 5.10 Å². The zero-order chi connectivity index (χ0) is 17.9. The molecule has 0 saturated heterocycles. The molecule has 1 aromatic heterocycles. The summed E-state index contributed by atoms with van der Waals surface area (Å²) in [6.07, 6.45) is 4.61. The van der Waals surface area contributed by atoms with Gasteiger partial charge in [-0.1, -0.05) is 18.2 Å². The molecule has 3 aromatic rings. The standard InChI is InChI=1S/C20H20N6/c1-25(17-7-5-15(6-8-17)11-12-21)19-4-2-3-16(13-19)23-20-22-14-26(24-20)18-9-10-18/h2-8,13-14,18H,9-11H2,1H3,(H,23,24). The van der Waals surface area contributed by atoms with Crippen LogP contribution in [0, 0.1) is 11.3 Å². The summed E-state index contributed by atoms with van der Waals surface area (Å²) in [4.78, 5) is 6.44. The van der Waals surface area contributed by atoms with Crippen molar-refractivity contribution in [2.45, 2.75) is 25.3 Å². The molecule has 0 aliphatic heterocycles. The van der Waals surface area contributed by atoms with Crippen molar-refractivity contribution in [3.05, 3.63) is 60.4 Å². The van der Waals surface area contributed by atoms with Gasteiger partial charge < -0.3 is 10.2 Å². The quantitative estimate of drug-likeness (QED) is 0.726. The Morgan fingerprint density at radius 1 is 1.19 bits per heavy atom. The van der Waals surface area contributed by atoms with Gasteiger partial charge in [0.15, 0.2) is 0 Å². The maximum absolute atomic E-state index is 8.78.